The monoisotopic (exact) mass is 1510 g/mol. The van der Waals surface area contributed by atoms with Gasteiger partial charge in [0.2, 0.25) is 0 Å². The molecule has 110 heavy (non-hydrogen) atoms. The predicted molar refractivity (Wildman–Crippen MR) is 492 cm³/mol. The summed E-state index contributed by atoms with van der Waals surface area (Å²) in [6, 6.07) is 138. The maximum Gasteiger partial charge on any atom is 0.0546 e. The molecule has 20 aromatic rings. The van der Waals surface area contributed by atoms with Crippen LogP contribution in [0.3, 0.4) is 0 Å². The SMILES string of the molecule is Brc1cc2ccccc2c2ccccc12.CC1(C)c2ccc(N(c3ccc4ccccc4c3-c3cccc4ccccc34)c3cc4ccccc4c4ccccc34)cc2-c2cc3ccccc3cc21.CC1(C)c2ccc(Nc3ccc4ccccc4c3-c3cccc4ccccc34)cc2-c2cc3ccccc3cc21.[3HH].[3H]C.[3H][3H].[3H][3H].[3H][3H].[3H][3H].[3H][3H]. The highest BCUT2D eigenvalue weighted by molar-refractivity contribution is 9.10. The Morgan fingerprint density at radius 2 is 0.645 bits per heavy atom. The number of nitrogens with zero attached hydrogens (tertiary/aromatic N) is 1. The lowest BCUT2D eigenvalue weighted by atomic mass is 9.82. The minimum Gasteiger partial charge on any atom is -0.355 e. The largest absolute Gasteiger partial charge is 0.355 e. The van der Waals surface area contributed by atoms with Crippen molar-refractivity contribution in [1.82, 2.24) is 0 Å². The Kier molecular flexibility index (Phi) is 15.1. The highest BCUT2D eigenvalue weighted by Gasteiger charge is 2.38. The first-order chi connectivity index (χ1) is 59.5. The summed E-state index contributed by atoms with van der Waals surface area (Å²) >= 11 is 3.62. The molecule has 3 heteroatoms. The standard InChI is InChI=1S/C53H37N.C39H29N.C14H9Br.CH4.6H2/c1-53(2)48-28-27-39(33-47(48)46-30-36-16-3-4-17-37(36)31-49(46)53)54(51-32-38-18-7-9-21-41(38)43-23-11-12-24-44(43)51)50-29-26-35-15-6-10-22-42(35)52(50)45-25-13-19-34-14-5-8-20-40(34)45;1-39(2)35-20-19-29(24-34(35)33-22-27-12-3-4-13-28(27)23-36(33)39)40-37-21-18-26-11-6-8-16-31(26)38(37)32-17-9-14-25-10-5-7-15-30(25)32;15-14-9-10-5-1-2-6-11(10)12-7-3-4-8-13(12)14;;;;;;;/h3-33H,1-2H3;3-24,40H,1-2H3;1-9H;1H4;6*1H/i;;;1T;5*1+2T;1+2. The van der Waals surface area contributed by atoms with Gasteiger partial charge in [0, 0.05) is 66.5 Å². The summed E-state index contributed by atoms with van der Waals surface area (Å²) < 4.78 is 56.9. The first-order valence-electron chi connectivity index (χ1n) is 43.9. The van der Waals surface area contributed by atoms with Crippen molar-refractivity contribution in [3.8, 4) is 44.5 Å². The van der Waals surface area contributed by atoms with Crippen LogP contribution in [0.4, 0.5) is 28.4 Å². The van der Waals surface area contributed by atoms with Gasteiger partial charge in [0.25, 0.3) is 0 Å². The molecule has 0 spiro atoms. The first-order valence-corrected chi connectivity index (χ1v) is 38.7. The molecule has 0 aromatic heterocycles. The van der Waals surface area contributed by atoms with E-state index in [-0.39, 0.29) is 12.3 Å². The van der Waals surface area contributed by atoms with Crippen molar-refractivity contribution < 1.29 is 17.6 Å². The molecule has 0 amide bonds. The molecular weight excluding hydrogens is 1390 g/mol. The van der Waals surface area contributed by atoms with Crippen molar-refractivity contribution >= 4 is 152 Å². The second-order valence-electron chi connectivity index (χ2n) is 30.4. The molecule has 0 heterocycles. The van der Waals surface area contributed by atoms with E-state index in [2.05, 4.69) is 430 Å². The van der Waals surface area contributed by atoms with Gasteiger partial charge in [-0.05, 0) is 231 Å². The summed E-state index contributed by atoms with van der Waals surface area (Å²) in [5, 5.41) is 29.1. The number of anilines is 5. The smallest absolute Gasteiger partial charge is 0.0546 e. The van der Waals surface area contributed by atoms with Gasteiger partial charge >= 0.3 is 0 Å². The van der Waals surface area contributed by atoms with Crippen LogP contribution in [0.2, 0.25) is 0 Å². The zero-order valence-corrected chi connectivity index (χ0v) is 63.7. The molecule has 0 unspecified atom stereocenters. The van der Waals surface area contributed by atoms with Gasteiger partial charge in [-0.2, -0.15) is 0 Å². The Hall–Kier alpha value is -12.9. The van der Waals surface area contributed by atoms with Crippen LogP contribution in [0.15, 0.2) is 381 Å². The second-order valence-corrected chi connectivity index (χ2v) is 31.3. The minimum atomic E-state index is -0.120. The van der Waals surface area contributed by atoms with Crippen LogP contribution < -0.4 is 10.2 Å². The van der Waals surface area contributed by atoms with E-state index < -0.39 is 0 Å². The van der Waals surface area contributed by atoms with Crippen molar-refractivity contribution in [2.24, 2.45) is 0 Å². The van der Waals surface area contributed by atoms with Gasteiger partial charge in [-0.3, -0.25) is 0 Å². The van der Waals surface area contributed by atoms with E-state index in [4.69, 9.17) is 16.2 Å². The van der Waals surface area contributed by atoms with Crippen LogP contribution in [-0.2, 0) is 10.8 Å². The molecule has 22 rings (SSSR count). The fourth-order valence-corrected chi connectivity index (χ4v) is 18.7. The van der Waals surface area contributed by atoms with Gasteiger partial charge in [-0.15, -0.1) is 0 Å². The lowest BCUT2D eigenvalue weighted by Crippen LogP contribution is -2.16. The summed E-state index contributed by atoms with van der Waals surface area (Å²) in [6.45, 7) is 9.45. The van der Waals surface area contributed by atoms with Gasteiger partial charge in [-0.1, -0.05) is 354 Å². The van der Waals surface area contributed by atoms with Crippen LogP contribution >= 0.6 is 15.9 Å². The summed E-state index contributed by atoms with van der Waals surface area (Å²) in [5.41, 5.74) is 21.3. The average Bonchev–Trinajstić information content (AvgIpc) is 1.61. The fourth-order valence-electron chi connectivity index (χ4n) is 18.2. The topological polar surface area (TPSA) is 15.3 Å². The van der Waals surface area contributed by atoms with E-state index in [0.29, 0.717) is 0 Å². The quantitative estimate of drug-likeness (QED) is 0.160. The normalized spacial score (nSPS) is 13.3. The van der Waals surface area contributed by atoms with E-state index in [1.165, 1.54) is 182 Å². The number of fused-ring (bicyclic) bond motifs is 18. The van der Waals surface area contributed by atoms with Crippen molar-refractivity contribution in [3.63, 3.8) is 0 Å². The number of benzene rings is 20. The lowest BCUT2D eigenvalue weighted by Gasteiger charge is -2.31. The third-order valence-corrected chi connectivity index (χ3v) is 24.2. The maximum absolute atomic E-state index is 5.75. The Balaban J connectivity index is 0.000000165. The van der Waals surface area contributed by atoms with Crippen LogP contribution in [0.1, 0.15) is 75.0 Å². The molecule has 0 aliphatic heterocycles. The maximum atomic E-state index is 5.75. The lowest BCUT2D eigenvalue weighted by molar-refractivity contribution is 0.661. The Morgan fingerprint density at radius 1 is 0.273 bits per heavy atom. The summed E-state index contributed by atoms with van der Waals surface area (Å²) in [6.07, 6.45) is 0. The molecule has 1 N–H and O–H groups in total. The zero-order chi connectivity index (χ0) is 85.1. The van der Waals surface area contributed by atoms with Crippen LogP contribution in [-0.4, -0.2) is 0 Å². The fraction of sp³-hybridized carbons (Fsp3) is 0.0654. The Labute approximate surface area is 669 Å². The molecule has 0 fully saturated rings. The van der Waals surface area contributed by atoms with Gasteiger partial charge in [-0.25, -0.2) is 0 Å². The third-order valence-electron chi connectivity index (χ3n) is 23.5. The van der Waals surface area contributed by atoms with Crippen molar-refractivity contribution in [3.05, 3.63) is 403 Å². The molecule has 536 valence electrons. The second kappa shape index (κ2) is 27.1. The number of nitrogens with one attached hydrogen (secondary N) is 1. The molecule has 2 aliphatic rings. The van der Waals surface area contributed by atoms with Crippen LogP contribution in [0.25, 0.3) is 152 Å². The molecule has 2 aliphatic carbocycles. The third kappa shape index (κ3) is 11.3. The van der Waals surface area contributed by atoms with Crippen molar-refractivity contribution in [1.29, 1.82) is 0 Å². The van der Waals surface area contributed by atoms with Crippen molar-refractivity contribution in [2.75, 3.05) is 10.2 Å². The number of halogens is 1. The molecule has 2 nitrogen and oxygen atoms in total. The van der Waals surface area contributed by atoms with Gasteiger partial charge in [0.05, 0.1) is 11.4 Å². The molecule has 0 atom stereocenters. The van der Waals surface area contributed by atoms with E-state index in [1.54, 1.807) is 0 Å². The van der Waals surface area contributed by atoms with Gasteiger partial charge in [0.1, 0.15) is 0 Å². The highest BCUT2D eigenvalue weighted by atomic mass is 79.9. The van der Waals surface area contributed by atoms with E-state index >= 15 is 0 Å². The molecule has 0 saturated carbocycles. The summed E-state index contributed by atoms with van der Waals surface area (Å²) in [7, 11) is 1.25. The average molecular weight is 1510 g/mol. The molecule has 0 bridgehead atoms. The molecular formula is C107H91BrN2. The van der Waals surface area contributed by atoms with Crippen LogP contribution in [0.5, 0.6) is 0 Å². The Morgan fingerprint density at radius 3 is 1.19 bits per heavy atom. The van der Waals surface area contributed by atoms with E-state index in [0.717, 1.165) is 32.9 Å². The van der Waals surface area contributed by atoms with Crippen LogP contribution in [0, 0.1) is 0 Å². The van der Waals surface area contributed by atoms with Gasteiger partial charge in [0.15, 0.2) is 0 Å². The first kappa shape index (κ1) is 61.1. The van der Waals surface area contributed by atoms with E-state index in [1.807, 2.05) is 0 Å². The molecule has 0 saturated heterocycles. The Bertz CT molecular complexity index is 7170. The number of rotatable bonds is 7. The number of hydrogen-bond acceptors (Lipinski definition) is 2. The summed E-state index contributed by atoms with van der Waals surface area (Å²) in [5.74, 6) is 0. The number of hydrogen-bond donors (Lipinski definition) is 1. The van der Waals surface area contributed by atoms with Gasteiger partial charge < -0.3 is 10.2 Å². The predicted octanol–water partition coefficient (Wildman–Crippen LogP) is 32.6. The molecule has 0 radical (unpaired) electrons. The van der Waals surface area contributed by atoms with E-state index in [9.17, 15) is 0 Å². The molecule has 20 aromatic carbocycles. The van der Waals surface area contributed by atoms with Crippen molar-refractivity contribution in [2.45, 2.75) is 45.9 Å². The minimum absolute atomic E-state index is 0. The zero-order valence-electron chi connectivity index (χ0n) is 73.1. The summed E-state index contributed by atoms with van der Waals surface area (Å²) in [4.78, 5) is 2.55. The highest BCUT2D eigenvalue weighted by Crippen LogP contribution is 2.56.